The van der Waals surface area contributed by atoms with Crippen LogP contribution >= 0.6 is 11.8 Å². The number of fused-ring (bicyclic) bond motifs is 2. The lowest BCUT2D eigenvalue weighted by Crippen LogP contribution is -2.29. The zero-order valence-electron chi connectivity index (χ0n) is 19.1. The van der Waals surface area contributed by atoms with Crippen LogP contribution in [0.4, 0.5) is 0 Å². The van der Waals surface area contributed by atoms with E-state index in [2.05, 4.69) is 33.3 Å². The number of aromatic nitrogens is 4. The Morgan fingerprint density at radius 3 is 2.67 bits per heavy atom. The molecule has 1 unspecified atom stereocenters. The number of rotatable bonds is 4. The highest BCUT2D eigenvalue weighted by atomic mass is 32.2. The van der Waals surface area contributed by atoms with Gasteiger partial charge in [0.1, 0.15) is 11.7 Å². The number of thioether (sulfide) groups is 1. The first-order valence-electron chi connectivity index (χ1n) is 11.6. The van der Waals surface area contributed by atoms with Crippen molar-refractivity contribution in [3.05, 3.63) is 89.2 Å². The molecule has 1 atom stereocenters. The molecule has 8 nitrogen and oxygen atoms in total. The van der Waals surface area contributed by atoms with Gasteiger partial charge in [-0.2, -0.15) is 0 Å². The highest BCUT2D eigenvalue weighted by Crippen LogP contribution is 2.50. The van der Waals surface area contributed by atoms with Gasteiger partial charge in [-0.1, -0.05) is 47.6 Å². The van der Waals surface area contributed by atoms with Crippen LogP contribution in [-0.2, 0) is 4.79 Å². The summed E-state index contributed by atoms with van der Waals surface area (Å²) in [6.07, 6.45) is 7.14. The Kier molecular flexibility index (Phi) is 5.69. The zero-order chi connectivity index (χ0) is 24.6. The third-order valence-corrected chi connectivity index (χ3v) is 7.62. The van der Waals surface area contributed by atoms with E-state index in [-0.39, 0.29) is 5.56 Å². The van der Waals surface area contributed by atoms with Gasteiger partial charge >= 0.3 is 5.97 Å². The van der Waals surface area contributed by atoms with Crippen LogP contribution in [0, 0.1) is 0 Å². The van der Waals surface area contributed by atoms with Crippen molar-refractivity contribution >= 4 is 28.5 Å². The molecule has 7 rings (SSSR count). The normalized spacial score (nSPS) is 16.4. The molecule has 5 aromatic rings. The van der Waals surface area contributed by atoms with E-state index in [9.17, 15) is 14.7 Å². The number of aromatic amines is 1. The van der Waals surface area contributed by atoms with Crippen LogP contribution in [0.1, 0.15) is 30.4 Å². The minimum atomic E-state index is -0.972. The Morgan fingerprint density at radius 1 is 1.11 bits per heavy atom. The van der Waals surface area contributed by atoms with Crippen LogP contribution in [0.3, 0.4) is 0 Å². The quantitative estimate of drug-likeness (QED) is 0.344. The van der Waals surface area contributed by atoms with Crippen LogP contribution < -0.4 is 5.56 Å². The summed E-state index contributed by atoms with van der Waals surface area (Å²) < 4.78 is 7.17. The molecule has 1 fully saturated rings. The molecule has 0 amide bonds. The summed E-state index contributed by atoms with van der Waals surface area (Å²) in [5, 5.41) is 16.8. The number of carboxylic acids is 1. The number of benzene rings is 2. The largest absolute Gasteiger partial charge is 0.480 e. The van der Waals surface area contributed by atoms with Gasteiger partial charge in [0.15, 0.2) is 5.76 Å². The number of aliphatic carboxylic acids is 1. The molecule has 0 bridgehead atoms. The van der Waals surface area contributed by atoms with Crippen LogP contribution in [0.15, 0.2) is 87.7 Å². The zero-order valence-corrected chi connectivity index (χ0v) is 19.9. The Balaban J connectivity index is 0.000000431. The maximum Gasteiger partial charge on any atom is 0.327 e. The number of carboxylic acid groups (broad SMARTS) is 1. The van der Waals surface area contributed by atoms with Gasteiger partial charge in [0.2, 0.25) is 0 Å². The molecule has 9 heteroatoms. The maximum atomic E-state index is 12.9. The molecular formula is C27H22N4O4S. The van der Waals surface area contributed by atoms with Gasteiger partial charge in [0, 0.05) is 41.4 Å². The van der Waals surface area contributed by atoms with Gasteiger partial charge in [-0.25, -0.2) is 9.78 Å². The summed E-state index contributed by atoms with van der Waals surface area (Å²) in [6.45, 7) is 0. The minimum absolute atomic E-state index is 0.310. The molecule has 0 radical (unpaired) electrons. The third-order valence-electron chi connectivity index (χ3n) is 6.45. The summed E-state index contributed by atoms with van der Waals surface area (Å²) in [4.78, 5) is 30.9. The van der Waals surface area contributed by atoms with E-state index in [1.807, 2.05) is 30.3 Å². The number of imidazole rings is 1. The van der Waals surface area contributed by atoms with Crippen molar-refractivity contribution in [2.24, 2.45) is 0 Å². The summed E-state index contributed by atoms with van der Waals surface area (Å²) >= 11 is 1.45. The highest BCUT2D eigenvalue weighted by molar-refractivity contribution is 7.99. The predicted octanol–water partition coefficient (Wildman–Crippen LogP) is 5.34. The molecule has 2 aromatic carbocycles. The van der Waals surface area contributed by atoms with Crippen molar-refractivity contribution in [3.8, 4) is 22.6 Å². The van der Waals surface area contributed by atoms with E-state index in [0.717, 1.165) is 45.3 Å². The van der Waals surface area contributed by atoms with Crippen molar-refractivity contribution in [3.63, 3.8) is 0 Å². The fraction of sp³-hybridized carbons (Fsp3) is 0.185. The Morgan fingerprint density at radius 2 is 1.94 bits per heavy atom. The first-order chi connectivity index (χ1) is 17.6. The second kappa shape index (κ2) is 9.16. The molecule has 1 saturated carbocycles. The SMILES string of the molecule is O=C(O)C1CSc2c(C3CC3)c(-c3cc(-c4cccc5ccccc45)no3)cc(=O)n21.c1c[nH]cn1. The molecule has 0 spiro atoms. The number of pyridine rings is 1. The van der Waals surface area contributed by atoms with Crippen LogP contribution in [0.25, 0.3) is 33.4 Å². The first-order valence-corrected chi connectivity index (χ1v) is 12.6. The molecule has 180 valence electrons. The minimum Gasteiger partial charge on any atom is -0.480 e. The van der Waals surface area contributed by atoms with Crippen molar-refractivity contribution in [2.75, 3.05) is 5.75 Å². The molecule has 4 heterocycles. The molecule has 3 aromatic heterocycles. The highest BCUT2D eigenvalue weighted by Gasteiger charge is 2.38. The van der Waals surface area contributed by atoms with Gasteiger partial charge in [0.25, 0.3) is 5.56 Å². The van der Waals surface area contributed by atoms with E-state index < -0.39 is 12.0 Å². The Hall–Kier alpha value is -4.11. The van der Waals surface area contributed by atoms with E-state index >= 15 is 0 Å². The van der Waals surface area contributed by atoms with Gasteiger partial charge in [-0.05, 0) is 35.1 Å². The van der Waals surface area contributed by atoms with Crippen LogP contribution in [-0.4, -0.2) is 36.5 Å². The van der Waals surface area contributed by atoms with E-state index in [1.165, 1.54) is 22.4 Å². The fourth-order valence-electron chi connectivity index (χ4n) is 4.64. The maximum absolute atomic E-state index is 12.9. The molecule has 1 aliphatic carbocycles. The lowest BCUT2D eigenvalue weighted by molar-refractivity contribution is -0.140. The number of hydrogen-bond acceptors (Lipinski definition) is 6. The van der Waals surface area contributed by atoms with Crippen molar-refractivity contribution in [1.82, 2.24) is 19.7 Å². The van der Waals surface area contributed by atoms with E-state index in [0.29, 0.717) is 23.1 Å². The van der Waals surface area contributed by atoms with Gasteiger partial charge in [-0.3, -0.25) is 9.36 Å². The Labute approximate surface area is 210 Å². The molecule has 0 saturated heterocycles. The second-order valence-corrected chi connectivity index (χ2v) is 9.80. The molecule has 2 N–H and O–H groups in total. The lowest BCUT2D eigenvalue weighted by atomic mass is 10.00. The summed E-state index contributed by atoms with van der Waals surface area (Å²) in [5.74, 6) is 0.263. The summed E-state index contributed by atoms with van der Waals surface area (Å²) in [7, 11) is 0. The number of nitrogens with one attached hydrogen (secondary N) is 1. The smallest absolute Gasteiger partial charge is 0.327 e. The third kappa shape index (κ3) is 4.01. The number of carbonyl (C=O) groups is 1. The standard InChI is InChI=1S/C24H18N2O4S.C3H4N2/c27-21-10-17(22(14-8-9-14)23-26(21)19(12-31-23)24(28)29)20-11-18(25-30-20)16-7-3-5-13-4-1-2-6-15(13)16;1-2-5-3-4-1/h1-7,10-11,14,19H,8-9,12H2,(H,28,29);1-3H,(H,4,5). The summed E-state index contributed by atoms with van der Waals surface area (Å²) in [6, 6.07) is 16.8. The van der Waals surface area contributed by atoms with Crippen LogP contribution in [0.5, 0.6) is 0 Å². The number of hydrogen-bond donors (Lipinski definition) is 2. The van der Waals surface area contributed by atoms with Gasteiger partial charge in [-0.15, -0.1) is 11.8 Å². The average molecular weight is 499 g/mol. The molecule has 2 aliphatic rings. The average Bonchev–Trinajstić information content (AvgIpc) is 3.31. The Bertz CT molecular complexity index is 1600. The first kappa shape index (κ1) is 22.4. The topological polar surface area (TPSA) is 114 Å². The summed E-state index contributed by atoms with van der Waals surface area (Å²) in [5.41, 5.74) is 3.13. The monoisotopic (exact) mass is 498 g/mol. The second-order valence-electron chi connectivity index (χ2n) is 8.79. The van der Waals surface area contributed by atoms with Crippen molar-refractivity contribution < 1.29 is 14.4 Å². The van der Waals surface area contributed by atoms with Crippen LogP contribution in [0.2, 0.25) is 0 Å². The number of H-pyrrole nitrogens is 1. The fourth-order valence-corrected chi connectivity index (χ4v) is 6.03. The molecular weight excluding hydrogens is 476 g/mol. The molecule has 36 heavy (non-hydrogen) atoms. The van der Waals surface area contributed by atoms with Crippen molar-refractivity contribution in [2.45, 2.75) is 29.8 Å². The van der Waals surface area contributed by atoms with Gasteiger partial charge in [0.05, 0.1) is 11.4 Å². The number of nitrogens with zero attached hydrogens (tertiary/aromatic N) is 3. The van der Waals surface area contributed by atoms with Gasteiger partial charge < -0.3 is 14.6 Å². The predicted molar refractivity (Wildman–Crippen MR) is 137 cm³/mol. The van der Waals surface area contributed by atoms with Crippen molar-refractivity contribution in [1.29, 1.82) is 0 Å². The van der Waals surface area contributed by atoms with E-state index in [4.69, 9.17) is 4.52 Å². The van der Waals surface area contributed by atoms with E-state index in [1.54, 1.807) is 18.7 Å². The molecule has 1 aliphatic heterocycles. The lowest BCUT2D eigenvalue weighted by Gasteiger charge is -2.14.